The smallest absolute Gasteiger partial charge is 0.245 e. The summed E-state index contributed by atoms with van der Waals surface area (Å²) in [6.45, 7) is 3.17. The molecule has 0 unspecified atom stereocenters. The third-order valence-corrected chi connectivity index (χ3v) is 4.21. The summed E-state index contributed by atoms with van der Waals surface area (Å²) in [5.74, 6) is -0.430. The maximum atomic E-state index is 11.9. The normalized spacial score (nSPS) is 15.8. The Balaban J connectivity index is 1.50. The number of amides is 1. The largest absolute Gasteiger partial charge is 0.489 e. The molecule has 1 heterocycles. The molecule has 2 aromatic rings. The summed E-state index contributed by atoms with van der Waals surface area (Å²) < 4.78 is 16.6. The molecule has 1 aliphatic rings. The summed E-state index contributed by atoms with van der Waals surface area (Å²) in [7, 11) is 0. The predicted octanol–water partition coefficient (Wildman–Crippen LogP) is 3.52. The minimum atomic E-state index is -0.866. The Morgan fingerprint density at radius 2 is 2.00 bits per heavy atom. The first kappa shape index (κ1) is 19.4. The summed E-state index contributed by atoms with van der Waals surface area (Å²) in [6.07, 6.45) is 1.65. The molecule has 1 fully saturated rings. The fourth-order valence-corrected chi connectivity index (χ4v) is 2.73. The number of carbonyl (C=O) groups is 1. The highest BCUT2D eigenvalue weighted by Gasteiger charge is 2.33. The molecule has 0 bridgehead atoms. The molecule has 6 nitrogen and oxygen atoms in total. The van der Waals surface area contributed by atoms with Gasteiger partial charge in [0.2, 0.25) is 5.91 Å². The highest BCUT2D eigenvalue weighted by molar-refractivity contribution is 6.30. The number of hydrogen-bond donors (Lipinski definition) is 1. The Labute approximate surface area is 163 Å². The second kappa shape index (κ2) is 8.99. The maximum absolute atomic E-state index is 11.9. The molecular formula is C20H21ClN2O4. The van der Waals surface area contributed by atoms with E-state index in [4.69, 9.17) is 25.8 Å². The number of ether oxygens (including phenoxy) is 3. The van der Waals surface area contributed by atoms with E-state index in [-0.39, 0.29) is 12.3 Å². The lowest BCUT2D eigenvalue weighted by Crippen LogP contribution is -2.33. The minimum absolute atomic E-state index is 0.0918. The number of nitrogens with zero attached hydrogens (tertiary/aromatic N) is 1. The standard InChI is InChI=1S/C20H21ClN2O4/c1-20(26-9-10-27-20)12-19(24)23-22-13-16-3-2-4-18(11-16)25-14-15-5-7-17(21)8-6-15/h2-8,11,13H,9-10,12,14H2,1H3,(H,23,24)/b22-13-. The second-order valence-corrected chi connectivity index (χ2v) is 6.72. The molecule has 1 aliphatic heterocycles. The minimum Gasteiger partial charge on any atom is -0.489 e. The number of halogens is 1. The number of hydrazone groups is 1. The summed E-state index contributed by atoms with van der Waals surface area (Å²) in [5, 5.41) is 4.67. The van der Waals surface area contributed by atoms with Crippen molar-refractivity contribution in [3.8, 4) is 5.75 Å². The lowest BCUT2D eigenvalue weighted by atomic mass is 10.2. The van der Waals surface area contributed by atoms with E-state index in [1.54, 1.807) is 13.1 Å². The van der Waals surface area contributed by atoms with Crippen molar-refractivity contribution in [3.05, 3.63) is 64.7 Å². The SMILES string of the molecule is CC1(CC(=O)N/N=C\c2cccc(OCc3ccc(Cl)cc3)c2)OCCO1. The van der Waals surface area contributed by atoms with Crippen molar-refractivity contribution in [1.29, 1.82) is 0 Å². The molecule has 1 amide bonds. The van der Waals surface area contributed by atoms with E-state index in [1.807, 2.05) is 48.5 Å². The molecule has 1 N–H and O–H groups in total. The van der Waals surface area contributed by atoms with Gasteiger partial charge in [0, 0.05) is 5.02 Å². The van der Waals surface area contributed by atoms with E-state index in [0.717, 1.165) is 11.1 Å². The van der Waals surface area contributed by atoms with Gasteiger partial charge >= 0.3 is 0 Å². The van der Waals surface area contributed by atoms with Gasteiger partial charge < -0.3 is 14.2 Å². The Bertz CT molecular complexity index is 802. The molecule has 1 saturated heterocycles. The monoisotopic (exact) mass is 388 g/mol. The van der Waals surface area contributed by atoms with Crippen LogP contribution in [0.1, 0.15) is 24.5 Å². The molecule has 0 aromatic heterocycles. The van der Waals surface area contributed by atoms with E-state index in [2.05, 4.69) is 10.5 Å². The molecule has 142 valence electrons. The Morgan fingerprint density at radius 1 is 1.26 bits per heavy atom. The van der Waals surface area contributed by atoms with Crippen LogP contribution in [0.3, 0.4) is 0 Å². The van der Waals surface area contributed by atoms with Gasteiger partial charge in [0.25, 0.3) is 0 Å². The van der Waals surface area contributed by atoms with Gasteiger partial charge in [0.05, 0.1) is 25.8 Å². The van der Waals surface area contributed by atoms with Gasteiger partial charge in [-0.2, -0.15) is 5.10 Å². The second-order valence-electron chi connectivity index (χ2n) is 6.29. The van der Waals surface area contributed by atoms with Gasteiger partial charge in [-0.15, -0.1) is 0 Å². The van der Waals surface area contributed by atoms with Crippen LogP contribution in [0.2, 0.25) is 5.02 Å². The number of hydrogen-bond acceptors (Lipinski definition) is 5. The average molecular weight is 389 g/mol. The van der Waals surface area contributed by atoms with Crippen molar-refractivity contribution in [2.75, 3.05) is 13.2 Å². The molecule has 0 aliphatic carbocycles. The van der Waals surface area contributed by atoms with E-state index in [1.165, 1.54) is 0 Å². The van der Waals surface area contributed by atoms with Crippen molar-refractivity contribution < 1.29 is 19.0 Å². The molecule has 2 aromatic carbocycles. The maximum Gasteiger partial charge on any atom is 0.245 e. The molecule has 0 saturated carbocycles. The zero-order chi connectivity index (χ0) is 19.1. The molecule has 7 heteroatoms. The number of carbonyl (C=O) groups excluding carboxylic acids is 1. The Morgan fingerprint density at radius 3 is 2.74 bits per heavy atom. The van der Waals surface area contributed by atoms with Crippen LogP contribution in [-0.4, -0.2) is 31.1 Å². The van der Waals surface area contributed by atoms with Crippen molar-refractivity contribution in [2.24, 2.45) is 5.10 Å². The zero-order valence-electron chi connectivity index (χ0n) is 15.0. The van der Waals surface area contributed by atoms with Crippen LogP contribution >= 0.6 is 11.6 Å². The summed E-state index contributed by atoms with van der Waals surface area (Å²) in [5.41, 5.74) is 4.32. The summed E-state index contributed by atoms with van der Waals surface area (Å²) >= 11 is 5.88. The molecule has 27 heavy (non-hydrogen) atoms. The molecule has 0 atom stereocenters. The molecule has 0 radical (unpaired) electrons. The van der Waals surface area contributed by atoms with Crippen molar-refractivity contribution in [1.82, 2.24) is 5.43 Å². The summed E-state index contributed by atoms with van der Waals surface area (Å²) in [6, 6.07) is 14.9. The zero-order valence-corrected chi connectivity index (χ0v) is 15.7. The van der Waals surface area contributed by atoms with Gasteiger partial charge in [-0.25, -0.2) is 5.43 Å². The van der Waals surface area contributed by atoms with Crippen LogP contribution in [0, 0.1) is 0 Å². The summed E-state index contributed by atoms with van der Waals surface area (Å²) in [4.78, 5) is 11.9. The first-order chi connectivity index (χ1) is 13.0. The first-order valence-electron chi connectivity index (χ1n) is 8.60. The third-order valence-electron chi connectivity index (χ3n) is 3.96. The number of benzene rings is 2. The van der Waals surface area contributed by atoms with E-state index in [0.29, 0.717) is 30.6 Å². The number of rotatable bonds is 7. The van der Waals surface area contributed by atoms with Gasteiger partial charge in [-0.3, -0.25) is 4.79 Å². The van der Waals surface area contributed by atoms with Gasteiger partial charge in [-0.05, 0) is 42.3 Å². The van der Waals surface area contributed by atoms with Crippen LogP contribution < -0.4 is 10.2 Å². The molecular weight excluding hydrogens is 368 g/mol. The van der Waals surface area contributed by atoms with Crippen LogP contribution in [0.5, 0.6) is 5.75 Å². The Kier molecular flexibility index (Phi) is 6.45. The van der Waals surface area contributed by atoms with E-state index in [9.17, 15) is 4.79 Å². The fraction of sp³-hybridized carbons (Fsp3) is 0.300. The van der Waals surface area contributed by atoms with Gasteiger partial charge in [0.15, 0.2) is 5.79 Å². The van der Waals surface area contributed by atoms with Crippen LogP contribution in [0.25, 0.3) is 0 Å². The quantitative estimate of drug-likeness (QED) is 0.582. The first-order valence-corrected chi connectivity index (χ1v) is 8.97. The molecule has 0 spiro atoms. The highest BCUT2D eigenvalue weighted by Crippen LogP contribution is 2.22. The fourth-order valence-electron chi connectivity index (χ4n) is 2.60. The lowest BCUT2D eigenvalue weighted by Gasteiger charge is -2.20. The van der Waals surface area contributed by atoms with Crippen LogP contribution in [0.4, 0.5) is 0 Å². The Hall–Kier alpha value is -2.41. The van der Waals surface area contributed by atoms with Crippen LogP contribution in [-0.2, 0) is 20.9 Å². The van der Waals surface area contributed by atoms with E-state index < -0.39 is 5.79 Å². The molecule has 3 rings (SSSR count). The van der Waals surface area contributed by atoms with E-state index >= 15 is 0 Å². The van der Waals surface area contributed by atoms with Gasteiger partial charge in [-0.1, -0.05) is 35.9 Å². The average Bonchev–Trinajstić information content (AvgIpc) is 3.07. The topological polar surface area (TPSA) is 69.2 Å². The number of nitrogens with one attached hydrogen (secondary N) is 1. The third kappa shape index (κ3) is 6.06. The van der Waals surface area contributed by atoms with Gasteiger partial charge in [0.1, 0.15) is 12.4 Å². The highest BCUT2D eigenvalue weighted by atomic mass is 35.5. The van der Waals surface area contributed by atoms with Crippen molar-refractivity contribution >= 4 is 23.7 Å². The lowest BCUT2D eigenvalue weighted by molar-refractivity contribution is -0.159. The van der Waals surface area contributed by atoms with Crippen molar-refractivity contribution in [2.45, 2.75) is 25.7 Å². The van der Waals surface area contributed by atoms with Crippen LogP contribution in [0.15, 0.2) is 53.6 Å². The van der Waals surface area contributed by atoms with Crippen molar-refractivity contribution in [3.63, 3.8) is 0 Å². The predicted molar refractivity (Wildman–Crippen MR) is 103 cm³/mol.